The maximum Gasteiger partial charge on any atom is 0.117 e. The highest BCUT2D eigenvalue weighted by molar-refractivity contribution is 5.96. The van der Waals surface area contributed by atoms with Crippen molar-refractivity contribution in [1.29, 1.82) is 0 Å². The van der Waals surface area contributed by atoms with Gasteiger partial charge in [0, 0.05) is 11.4 Å². The molecule has 134 valence electrons. The van der Waals surface area contributed by atoms with Crippen molar-refractivity contribution in [3.63, 3.8) is 0 Å². The smallest absolute Gasteiger partial charge is 0.117 e. The number of hydrogen-bond donors (Lipinski definition) is 1. The zero-order valence-electron chi connectivity index (χ0n) is 15.4. The van der Waals surface area contributed by atoms with E-state index < -0.39 is 6.10 Å². The maximum absolute atomic E-state index is 10.1. The molecule has 2 aromatic rings. The first kappa shape index (κ1) is 19.1. The number of nitrogens with zero attached hydrogens (tertiary/aromatic N) is 3. The van der Waals surface area contributed by atoms with E-state index in [0.29, 0.717) is 6.61 Å². The van der Waals surface area contributed by atoms with Gasteiger partial charge in [0.15, 0.2) is 0 Å². The van der Waals surface area contributed by atoms with Crippen molar-refractivity contribution in [2.75, 3.05) is 6.61 Å². The molecular weight excluding hydrogens is 314 g/mol. The second-order valence-corrected chi connectivity index (χ2v) is 6.52. The van der Waals surface area contributed by atoms with Crippen LogP contribution in [0, 0.1) is 12.8 Å². The molecule has 2 rings (SSSR count). The summed E-state index contributed by atoms with van der Waals surface area (Å²) in [4.78, 5) is 14.3. The van der Waals surface area contributed by atoms with E-state index in [1.807, 2.05) is 64.1 Å². The first-order valence-corrected chi connectivity index (χ1v) is 8.72. The minimum atomic E-state index is -0.523. The Hall–Kier alpha value is -2.27. The molecule has 0 bridgehead atoms. The topological polar surface area (TPSA) is 67.6 Å². The number of aliphatic hydroxyl groups is 1. The molecule has 1 unspecified atom stereocenters. The van der Waals surface area contributed by atoms with Crippen LogP contribution in [0.3, 0.4) is 0 Å². The van der Waals surface area contributed by atoms with Gasteiger partial charge in [-0.1, -0.05) is 31.1 Å². The Labute approximate surface area is 149 Å². The molecule has 0 aliphatic carbocycles. The van der Waals surface area contributed by atoms with Crippen LogP contribution < -0.4 is 0 Å². The minimum Gasteiger partial charge on any atom is -0.396 e. The summed E-state index contributed by atoms with van der Waals surface area (Å²) in [5, 5.41) is 14.2. The number of pyridine rings is 2. The van der Waals surface area contributed by atoms with E-state index in [-0.39, 0.29) is 5.92 Å². The number of hydrogen-bond acceptors (Lipinski definition) is 5. The summed E-state index contributed by atoms with van der Waals surface area (Å²) in [6.07, 6.45) is 1.08. The van der Waals surface area contributed by atoms with E-state index in [0.717, 1.165) is 41.3 Å². The van der Waals surface area contributed by atoms with Crippen LogP contribution in [0.15, 0.2) is 41.6 Å². The summed E-state index contributed by atoms with van der Waals surface area (Å²) in [5.41, 5.74) is 4.25. The lowest BCUT2D eigenvalue weighted by Gasteiger charge is -2.14. The largest absolute Gasteiger partial charge is 0.396 e. The van der Waals surface area contributed by atoms with E-state index >= 15 is 0 Å². The standard InChI is InChI=1S/C20H27N3O2/c1-14(2)20(24)19-12-6-9-17(22-19)10-7-13-25-23-16(4)18-11-5-8-15(3)21-18/h5-6,8-9,11-12,14,20,24H,7,10,13H2,1-4H3/b23-16-. The Kier molecular flexibility index (Phi) is 7.07. The molecule has 25 heavy (non-hydrogen) atoms. The summed E-state index contributed by atoms with van der Waals surface area (Å²) in [7, 11) is 0. The molecule has 5 heteroatoms. The van der Waals surface area contributed by atoms with Gasteiger partial charge in [0.25, 0.3) is 0 Å². The molecule has 0 fully saturated rings. The van der Waals surface area contributed by atoms with Crippen molar-refractivity contribution in [3.05, 3.63) is 59.2 Å². The molecule has 0 aromatic carbocycles. The van der Waals surface area contributed by atoms with Gasteiger partial charge in [-0.2, -0.15) is 0 Å². The Morgan fingerprint density at radius 3 is 2.64 bits per heavy atom. The number of oxime groups is 1. The third-order valence-corrected chi connectivity index (χ3v) is 3.89. The molecule has 1 N–H and O–H groups in total. The second-order valence-electron chi connectivity index (χ2n) is 6.52. The van der Waals surface area contributed by atoms with E-state index in [9.17, 15) is 5.11 Å². The first-order valence-electron chi connectivity index (χ1n) is 8.72. The Morgan fingerprint density at radius 2 is 1.92 bits per heavy atom. The fourth-order valence-corrected chi connectivity index (χ4v) is 2.40. The summed E-state index contributed by atoms with van der Waals surface area (Å²) in [6.45, 7) is 8.32. The van der Waals surface area contributed by atoms with Crippen LogP contribution in [0.2, 0.25) is 0 Å². The summed E-state index contributed by atoms with van der Waals surface area (Å²) >= 11 is 0. The van der Waals surface area contributed by atoms with Crippen LogP contribution in [0.4, 0.5) is 0 Å². The van der Waals surface area contributed by atoms with Gasteiger partial charge in [0.2, 0.25) is 0 Å². The van der Waals surface area contributed by atoms with Crippen molar-refractivity contribution in [2.24, 2.45) is 11.1 Å². The highest BCUT2D eigenvalue weighted by Gasteiger charge is 2.13. The molecule has 0 radical (unpaired) electrons. The van der Waals surface area contributed by atoms with Crippen LogP contribution >= 0.6 is 0 Å². The third kappa shape index (κ3) is 5.94. The van der Waals surface area contributed by atoms with Crippen LogP contribution in [-0.4, -0.2) is 27.4 Å². The van der Waals surface area contributed by atoms with Gasteiger partial charge in [-0.25, -0.2) is 0 Å². The minimum absolute atomic E-state index is 0.152. The van der Waals surface area contributed by atoms with Gasteiger partial charge < -0.3 is 9.94 Å². The number of aryl methyl sites for hydroxylation is 2. The van der Waals surface area contributed by atoms with Gasteiger partial charge in [-0.05, 0) is 56.9 Å². The van der Waals surface area contributed by atoms with Crippen LogP contribution in [-0.2, 0) is 11.3 Å². The first-order chi connectivity index (χ1) is 12.0. The fourth-order valence-electron chi connectivity index (χ4n) is 2.40. The number of aliphatic hydroxyl groups excluding tert-OH is 1. The molecule has 0 aliphatic heterocycles. The van der Waals surface area contributed by atoms with Crippen molar-refractivity contribution < 1.29 is 9.94 Å². The number of aromatic nitrogens is 2. The molecular formula is C20H27N3O2. The molecule has 0 saturated heterocycles. The highest BCUT2D eigenvalue weighted by Crippen LogP contribution is 2.19. The normalized spacial score (nSPS) is 13.1. The zero-order chi connectivity index (χ0) is 18.2. The van der Waals surface area contributed by atoms with Crippen molar-refractivity contribution >= 4 is 5.71 Å². The number of rotatable bonds is 8. The lowest BCUT2D eigenvalue weighted by Crippen LogP contribution is -2.09. The molecule has 1 atom stereocenters. The predicted octanol–water partition coefficient (Wildman–Crippen LogP) is 3.85. The Balaban J connectivity index is 1.81. The molecule has 2 heterocycles. The van der Waals surface area contributed by atoms with Crippen molar-refractivity contribution in [3.8, 4) is 0 Å². The van der Waals surface area contributed by atoms with E-state index in [1.165, 1.54) is 0 Å². The maximum atomic E-state index is 10.1. The molecule has 0 saturated carbocycles. The average Bonchev–Trinajstić information content (AvgIpc) is 2.60. The molecule has 2 aromatic heterocycles. The Bertz CT molecular complexity index is 714. The van der Waals surface area contributed by atoms with Crippen LogP contribution in [0.1, 0.15) is 56.1 Å². The highest BCUT2D eigenvalue weighted by atomic mass is 16.6. The van der Waals surface area contributed by atoms with Crippen LogP contribution in [0.25, 0.3) is 0 Å². The van der Waals surface area contributed by atoms with E-state index in [4.69, 9.17) is 4.84 Å². The van der Waals surface area contributed by atoms with Gasteiger partial charge >= 0.3 is 0 Å². The van der Waals surface area contributed by atoms with E-state index in [1.54, 1.807) is 0 Å². The second kappa shape index (κ2) is 9.28. The SMILES string of the molecule is C/C(=N/OCCCc1cccc(C(O)C(C)C)n1)c1cccc(C)n1. The quantitative estimate of drug-likeness (QED) is 0.450. The molecule has 0 spiro atoms. The van der Waals surface area contributed by atoms with E-state index in [2.05, 4.69) is 15.1 Å². The van der Waals surface area contributed by atoms with Gasteiger partial charge in [0.1, 0.15) is 12.3 Å². The third-order valence-electron chi connectivity index (χ3n) is 3.89. The summed E-state index contributed by atoms with van der Waals surface area (Å²) in [6, 6.07) is 11.6. The molecule has 0 amide bonds. The monoisotopic (exact) mass is 341 g/mol. The van der Waals surface area contributed by atoms with Crippen molar-refractivity contribution in [2.45, 2.75) is 46.6 Å². The average molecular weight is 341 g/mol. The van der Waals surface area contributed by atoms with Crippen LogP contribution in [0.5, 0.6) is 0 Å². The molecule has 0 aliphatic rings. The lowest BCUT2D eigenvalue weighted by atomic mass is 10.0. The predicted molar refractivity (Wildman–Crippen MR) is 99.5 cm³/mol. The summed E-state index contributed by atoms with van der Waals surface area (Å²) < 4.78 is 0. The lowest BCUT2D eigenvalue weighted by molar-refractivity contribution is 0.122. The van der Waals surface area contributed by atoms with Crippen molar-refractivity contribution in [1.82, 2.24) is 9.97 Å². The summed E-state index contributed by atoms with van der Waals surface area (Å²) in [5.74, 6) is 0.152. The Morgan fingerprint density at radius 1 is 1.16 bits per heavy atom. The van der Waals surface area contributed by atoms with Gasteiger partial charge in [0.05, 0.1) is 17.5 Å². The zero-order valence-corrected chi connectivity index (χ0v) is 15.4. The fraction of sp³-hybridized carbons (Fsp3) is 0.450. The molecule has 5 nitrogen and oxygen atoms in total. The van der Waals surface area contributed by atoms with Gasteiger partial charge in [-0.15, -0.1) is 0 Å². The van der Waals surface area contributed by atoms with Gasteiger partial charge in [-0.3, -0.25) is 9.97 Å².